The molecule has 1 aliphatic carbocycles. The highest BCUT2D eigenvalue weighted by molar-refractivity contribution is 5.74. The van der Waals surface area contributed by atoms with Gasteiger partial charge in [-0.25, -0.2) is 9.18 Å². The number of carbonyl (C=O) groups excluding carboxylic acids is 1. The van der Waals surface area contributed by atoms with E-state index in [1.807, 2.05) is 12.1 Å². The van der Waals surface area contributed by atoms with E-state index in [4.69, 9.17) is 4.74 Å². The monoisotopic (exact) mass is 383 g/mol. The summed E-state index contributed by atoms with van der Waals surface area (Å²) in [4.78, 5) is 14.8. The van der Waals surface area contributed by atoms with Crippen molar-refractivity contribution >= 4 is 6.03 Å². The van der Waals surface area contributed by atoms with Crippen LogP contribution in [0.2, 0.25) is 0 Å². The van der Waals surface area contributed by atoms with E-state index >= 15 is 0 Å². The van der Waals surface area contributed by atoms with Crippen LogP contribution in [0.3, 0.4) is 0 Å². The Bertz CT molecular complexity index is 836. The minimum absolute atomic E-state index is 0.0563. The molecule has 4 rings (SSSR count). The molecule has 1 atom stereocenters. The maximum atomic E-state index is 13.4. The summed E-state index contributed by atoms with van der Waals surface area (Å²) in [5.41, 5.74) is 4.36. The second-order valence-electron chi connectivity index (χ2n) is 7.42. The van der Waals surface area contributed by atoms with Crippen molar-refractivity contribution < 1.29 is 13.9 Å². The summed E-state index contributed by atoms with van der Waals surface area (Å²) >= 11 is 0. The summed E-state index contributed by atoms with van der Waals surface area (Å²) < 4.78 is 18.8. The average Bonchev–Trinajstić information content (AvgIpc) is 3.10. The molecule has 1 aliphatic heterocycles. The topological polar surface area (TPSA) is 53.6 Å². The molecule has 1 saturated heterocycles. The zero-order valence-electron chi connectivity index (χ0n) is 15.9. The van der Waals surface area contributed by atoms with Crippen molar-refractivity contribution in [1.82, 2.24) is 15.5 Å². The number of ether oxygens (including phenoxy) is 1. The largest absolute Gasteiger partial charge is 0.379 e. The fraction of sp³-hybridized carbons (Fsp3) is 0.409. The number of urea groups is 1. The molecule has 28 heavy (non-hydrogen) atoms. The number of carbonyl (C=O) groups is 1. The standard InChI is InChI=1S/C22H26FN3O2/c23-19-6-7-20-16(13-19)5-8-21(20)25-22(27)24-14-17-3-1-2-4-18(17)15-26-9-11-28-12-10-26/h1-4,6-7,13,21H,5,8-12,14-15H2,(H2,24,25,27). The van der Waals surface area contributed by atoms with E-state index in [2.05, 4.69) is 27.7 Å². The molecule has 0 bridgehead atoms. The van der Waals surface area contributed by atoms with Gasteiger partial charge in [0.25, 0.3) is 0 Å². The van der Waals surface area contributed by atoms with Crippen LogP contribution in [0, 0.1) is 5.82 Å². The molecule has 0 spiro atoms. The van der Waals surface area contributed by atoms with Crippen LogP contribution >= 0.6 is 0 Å². The number of aryl methyl sites for hydroxylation is 1. The number of amides is 2. The van der Waals surface area contributed by atoms with E-state index in [9.17, 15) is 9.18 Å². The Hall–Kier alpha value is -2.44. The van der Waals surface area contributed by atoms with Gasteiger partial charge < -0.3 is 15.4 Å². The molecular weight excluding hydrogens is 357 g/mol. The number of rotatable bonds is 5. The first-order chi connectivity index (χ1) is 13.7. The zero-order valence-corrected chi connectivity index (χ0v) is 15.9. The molecule has 2 aromatic carbocycles. The van der Waals surface area contributed by atoms with Crippen molar-refractivity contribution in [3.05, 3.63) is 70.5 Å². The molecule has 2 amide bonds. The number of fused-ring (bicyclic) bond motifs is 1. The number of hydrogen-bond acceptors (Lipinski definition) is 3. The lowest BCUT2D eigenvalue weighted by atomic mass is 10.1. The van der Waals surface area contributed by atoms with Gasteiger partial charge >= 0.3 is 6.03 Å². The van der Waals surface area contributed by atoms with Gasteiger partial charge in [-0.15, -0.1) is 0 Å². The highest BCUT2D eigenvalue weighted by Gasteiger charge is 2.24. The van der Waals surface area contributed by atoms with Crippen molar-refractivity contribution in [1.29, 1.82) is 0 Å². The summed E-state index contributed by atoms with van der Waals surface area (Å²) in [7, 11) is 0. The maximum absolute atomic E-state index is 13.4. The quantitative estimate of drug-likeness (QED) is 0.834. The van der Waals surface area contributed by atoms with E-state index in [-0.39, 0.29) is 17.9 Å². The van der Waals surface area contributed by atoms with Crippen molar-refractivity contribution in [2.45, 2.75) is 32.0 Å². The summed E-state index contributed by atoms with van der Waals surface area (Å²) in [6.45, 7) is 4.76. The molecule has 5 nitrogen and oxygen atoms in total. The van der Waals surface area contributed by atoms with Crippen LogP contribution in [0.25, 0.3) is 0 Å². The zero-order chi connectivity index (χ0) is 19.3. The van der Waals surface area contributed by atoms with Crippen LogP contribution in [0.4, 0.5) is 9.18 Å². The van der Waals surface area contributed by atoms with Crippen molar-refractivity contribution in [2.75, 3.05) is 26.3 Å². The summed E-state index contributed by atoms with van der Waals surface area (Å²) in [6, 6.07) is 12.8. The van der Waals surface area contributed by atoms with Gasteiger partial charge in [0.15, 0.2) is 0 Å². The molecule has 2 aromatic rings. The molecule has 1 heterocycles. The molecule has 2 N–H and O–H groups in total. The first-order valence-electron chi connectivity index (χ1n) is 9.88. The number of benzene rings is 2. The molecule has 2 aliphatic rings. The minimum atomic E-state index is -0.222. The number of morpholine rings is 1. The predicted octanol–water partition coefficient (Wildman–Crippen LogP) is 3.14. The Kier molecular flexibility index (Phi) is 5.88. The van der Waals surface area contributed by atoms with Crippen LogP contribution < -0.4 is 10.6 Å². The van der Waals surface area contributed by atoms with Crippen molar-refractivity contribution in [2.24, 2.45) is 0 Å². The highest BCUT2D eigenvalue weighted by Crippen LogP contribution is 2.31. The Labute approximate surface area is 164 Å². The number of nitrogens with zero attached hydrogens (tertiary/aromatic N) is 1. The van der Waals surface area contributed by atoms with Gasteiger partial charge in [-0.2, -0.15) is 0 Å². The fourth-order valence-corrected chi connectivity index (χ4v) is 4.01. The lowest BCUT2D eigenvalue weighted by Crippen LogP contribution is -2.38. The average molecular weight is 383 g/mol. The van der Waals surface area contributed by atoms with Gasteiger partial charge in [-0.3, -0.25) is 4.90 Å². The molecule has 148 valence electrons. The normalized spacial score (nSPS) is 19.2. The first-order valence-corrected chi connectivity index (χ1v) is 9.88. The van der Waals surface area contributed by atoms with E-state index in [1.165, 1.54) is 11.6 Å². The smallest absolute Gasteiger partial charge is 0.315 e. The van der Waals surface area contributed by atoms with Gasteiger partial charge in [0.05, 0.1) is 19.3 Å². The Balaban J connectivity index is 1.33. The third-order valence-electron chi connectivity index (χ3n) is 5.54. The van der Waals surface area contributed by atoms with Crippen LogP contribution in [0.15, 0.2) is 42.5 Å². The SMILES string of the molecule is O=C(NCc1ccccc1CN1CCOCC1)NC1CCc2cc(F)ccc21. The van der Waals surface area contributed by atoms with E-state index in [0.717, 1.165) is 62.4 Å². The highest BCUT2D eigenvalue weighted by atomic mass is 19.1. The maximum Gasteiger partial charge on any atom is 0.315 e. The molecule has 6 heteroatoms. The van der Waals surface area contributed by atoms with Gasteiger partial charge in [0.1, 0.15) is 5.82 Å². The Morgan fingerprint density at radius 1 is 1.14 bits per heavy atom. The lowest BCUT2D eigenvalue weighted by molar-refractivity contribution is 0.0341. The van der Waals surface area contributed by atoms with Crippen LogP contribution in [0.1, 0.15) is 34.7 Å². The first kappa shape index (κ1) is 18.9. The number of nitrogens with one attached hydrogen (secondary N) is 2. The van der Waals surface area contributed by atoms with E-state index in [1.54, 1.807) is 12.1 Å². The molecule has 0 aromatic heterocycles. The van der Waals surface area contributed by atoms with Crippen LogP contribution in [-0.4, -0.2) is 37.2 Å². The summed E-state index contributed by atoms with van der Waals surface area (Å²) in [5, 5.41) is 6.00. The van der Waals surface area contributed by atoms with Gasteiger partial charge in [-0.05, 0) is 47.2 Å². The molecule has 0 radical (unpaired) electrons. The molecule has 0 saturated carbocycles. The molecule has 1 unspecified atom stereocenters. The Morgan fingerprint density at radius 3 is 2.75 bits per heavy atom. The summed E-state index contributed by atoms with van der Waals surface area (Å²) in [5.74, 6) is -0.222. The van der Waals surface area contributed by atoms with Crippen molar-refractivity contribution in [3.8, 4) is 0 Å². The predicted molar refractivity (Wildman–Crippen MR) is 105 cm³/mol. The van der Waals surface area contributed by atoms with Crippen LogP contribution in [-0.2, 0) is 24.2 Å². The van der Waals surface area contributed by atoms with Crippen LogP contribution in [0.5, 0.6) is 0 Å². The van der Waals surface area contributed by atoms with Gasteiger partial charge in [0.2, 0.25) is 0 Å². The van der Waals surface area contributed by atoms with Crippen molar-refractivity contribution in [3.63, 3.8) is 0 Å². The second-order valence-corrected chi connectivity index (χ2v) is 7.42. The van der Waals surface area contributed by atoms with E-state index in [0.29, 0.717) is 6.54 Å². The molecule has 1 fully saturated rings. The lowest BCUT2D eigenvalue weighted by Gasteiger charge is -2.27. The fourth-order valence-electron chi connectivity index (χ4n) is 4.01. The number of halogens is 1. The third-order valence-corrected chi connectivity index (χ3v) is 5.54. The molecular formula is C22H26FN3O2. The van der Waals surface area contributed by atoms with Gasteiger partial charge in [0, 0.05) is 26.2 Å². The Morgan fingerprint density at radius 2 is 1.93 bits per heavy atom. The third kappa shape index (κ3) is 4.51. The second kappa shape index (κ2) is 8.71. The van der Waals surface area contributed by atoms with E-state index < -0.39 is 0 Å². The summed E-state index contributed by atoms with van der Waals surface area (Å²) in [6.07, 6.45) is 1.60. The minimum Gasteiger partial charge on any atom is -0.379 e. The number of hydrogen-bond donors (Lipinski definition) is 2. The van der Waals surface area contributed by atoms with Gasteiger partial charge in [-0.1, -0.05) is 30.3 Å².